The van der Waals surface area contributed by atoms with Crippen LogP contribution in [-0.4, -0.2) is 37.7 Å². The molecular formula is C16H21ClN2O6. The molecule has 0 aromatic heterocycles. The van der Waals surface area contributed by atoms with Crippen molar-refractivity contribution in [2.24, 2.45) is 11.7 Å². The van der Waals surface area contributed by atoms with Crippen molar-refractivity contribution < 1.29 is 28.6 Å². The topological polar surface area (TPSA) is 117 Å². The number of nitrogens with two attached hydrogens (primary N) is 1. The molecule has 0 fully saturated rings. The van der Waals surface area contributed by atoms with Crippen LogP contribution in [0.2, 0.25) is 5.02 Å². The first-order chi connectivity index (χ1) is 11.6. The van der Waals surface area contributed by atoms with Gasteiger partial charge in [-0.3, -0.25) is 10.1 Å². The van der Waals surface area contributed by atoms with E-state index in [1.165, 1.54) is 26.2 Å². The molecule has 0 saturated carbocycles. The summed E-state index contributed by atoms with van der Waals surface area (Å²) in [7, 11) is 1.41. The van der Waals surface area contributed by atoms with Crippen molar-refractivity contribution in [3.8, 4) is 11.5 Å². The van der Waals surface area contributed by atoms with E-state index < -0.39 is 24.0 Å². The van der Waals surface area contributed by atoms with Gasteiger partial charge >= 0.3 is 12.0 Å². The number of hydrogen-bond donors (Lipinski definition) is 2. The summed E-state index contributed by atoms with van der Waals surface area (Å²) in [5.41, 5.74) is 4.91. The van der Waals surface area contributed by atoms with Gasteiger partial charge in [0.2, 0.25) is 0 Å². The van der Waals surface area contributed by atoms with Gasteiger partial charge in [-0.05, 0) is 25.0 Å². The molecule has 3 amide bonds. The number of benzene rings is 1. The fraction of sp³-hybridized carbons (Fsp3) is 0.438. The smallest absolute Gasteiger partial charge is 0.339 e. The molecule has 1 aromatic carbocycles. The van der Waals surface area contributed by atoms with Crippen LogP contribution in [0.15, 0.2) is 12.1 Å². The third-order valence-electron chi connectivity index (χ3n) is 2.93. The van der Waals surface area contributed by atoms with E-state index in [1.807, 2.05) is 19.2 Å². The third kappa shape index (κ3) is 6.15. The molecule has 1 atom stereocenters. The van der Waals surface area contributed by atoms with E-state index in [4.69, 9.17) is 31.5 Å². The van der Waals surface area contributed by atoms with E-state index in [2.05, 4.69) is 0 Å². The molecule has 1 aromatic rings. The molecule has 0 aliphatic heterocycles. The Kier molecular flexibility index (Phi) is 7.50. The van der Waals surface area contributed by atoms with Crippen LogP contribution in [0.4, 0.5) is 4.79 Å². The zero-order valence-corrected chi connectivity index (χ0v) is 15.2. The summed E-state index contributed by atoms with van der Waals surface area (Å²) in [6.45, 7) is 5.68. The number of halogens is 1. The second-order valence-corrected chi connectivity index (χ2v) is 6.00. The second kappa shape index (κ2) is 9.12. The first kappa shape index (κ1) is 20.6. The minimum atomic E-state index is -1.22. The lowest BCUT2D eigenvalue weighted by Gasteiger charge is -2.16. The van der Waals surface area contributed by atoms with Gasteiger partial charge in [0.05, 0.1) is 24.3 Å². The first-order valence-corrected chi connectivity index (χ1v) is 7.85. The first-order valence-electron chi connectivity index (χ1n) is 7.47. The van der Waals surface area contributed by atoms with Gasteiger partial charge in [-0.2, -0.15) is 0 Å². The number of ether oxygens (including phenoxy) is 3. The highest BCUT2D eigenvalue weighted by molar-refractivity contribution is 6.32. The number of methoxy groups -OCH3 is 1. The van der Waals surface area contributed by atoms with Crippen molar-refractivity contribution in [1.82, 2.24) is 5.32 Å². The molecule has 9 heteroatoms. The maximum atomic E-state index is 12.2. The minimum Gasteiger partial charge on any atom is -0.493 e. The van der Waals surface area contributed by atoms with Gasteiger partial charge in [-0.25, -0.2) is 9.59 Å². The van der Waals surface area contributed by atoms with Gasteiger partial charge in [-0.15, -0.1) is 0 Å². The van der Waals surface area contributed by atoms with Crippen molar-refractivity contribution in [2.45, 2.75) is 26.9 Å². The van der Waals surface area contributed by atoms with E-state index in [0.717, 1.165) is 0 Å². The number of rotatable bonds is 7. The lowest BCUT2D eigenvalue weighted by Crippen LogP contribution is -2.42. The summed E-state index contributed by atoms with van der Waals surface area (Å²) < 4.78 is 15.8. The summed E-state index contributed by atoms with van der Waals surface area (Å²) in [5, 5.41) is 1.99. The molecule has 0 unspecified atom stereocenters. The number of primary amides is 1. The van der Waals surface area contributed by atoms with Crippen LogP contribution >= 0.6 is 11.6 Å². The fourth-order valence-electron chi connectivity index (χ4n) is 1.73. The van der Waals surface area contributed by atoms with Crippen molar-refractivity contribution in [3.05, 3.63) is 22.7 Å². The number of imide groups is 1. The maximum Gasteiger partial charge on any atom is 0.339 e. The number of urea groups is 1. The van der Waals surface area contributed by atoms with Gasteiger partial charge in [-0.1, -0.05) is 25.4 Å². The Morgan fingerprint density at radius 3 is 2.40 bits per heavy atom. The summed E-state index contributed by atoms with van der Waals surface area (Å²) in [6.07, 6.45) is -1.22. The fourth-order valence-corrected chi connectivity index (χ4v) is 2.00. The molecule has 0 saturated heterocycles. The molecule has 8 nitrogen and oxygen atoms in total. The molecule has 0 aliphatic rings. The molecule has 0 radical (unpaired) electrons. The Labute approximate surface area is 150 Å². The maximum absolute atomic E-state index is 12.2. The zero-order valence-electron chi connectivity index (χ0n) is 14.4. The quantitative estimate of drug-likeness (QED) is 0.708. The zero-order chi connectivity index (χ0) is 19.1. The molecule has 0 spiro atoms. The minimum absolute atomic E-state index is 0.0671. The molecule has 25 heavy (non-hydrogen) atoms. The number of esters is 1. The molecule has 3 N–H and O–H groups in total. The van der Waals surface area contributed by atoms with Gasteiger partial charge in [0.15, 0.2) is 17.6 Å². The van der Waals surface area contributed by atoms with Gasteiger partial charge < -0.3 is 19.9 Å². The Hall–Kier alpha value is -2.48. The van der Waals surface area contributed by atoms with Crippen LogP contribution < -0.4 is 20.5 Å². The number of amides is 3. The Balaban J connectivity index is 2.94. The van der Waals surface area contributed by atoms with Crippen LogP contribution in [-0.2, 0) is 9.53 Å². The highest BCUT2D eigenvalue weighted by Gasteiger charge is 2.22. The molecule has 138 valence electrons. The predicted octanol–water partition coefficient (Wildman–Crippen LogP) is 2.12. The van der Waals surface area contributed by atoms with Gasteiger partial charge in [0.25, 0.3) is 5.91 Å². The van der Waals surface area contributed by atoms with E-state index in [0.29, 0.717) is 12.4 Å². The number of carbonyl (C=O) groups excluding carboxylic acids is 3. The number of carbonyl (C=O) groups is 3. The monoisotopic (exact) mass is 372 g/mol. The van der Waals surface area contributed by atoms with Crippen LogP contribution in [0, 0.1) is 5.92 Å². The highest BCUT2D eigenvalue weighted by atomic mass is 35.5. The second-order valence-electron chi connectivity index (χ2n) is 5.60. The van der Waals surface area contributed by atoms with E-state index in [9.17, 15) is 14.4 Å². The van der Waals surface area contributed by atoms with E-state index in [1.54, 1.807) is 0 Å². The van der Waals surface area contributed by atoms with Crippen molar-refractivity contribution >= 4 is 29.5 Å². The van der Waals surface area contributed by atoms with Crippen LogP contribution in [0.1, 0.15) is 31.1 Å². The van der Waals surface area contributed by atoms with Crippen LogP contribution in [0.3, 0.4) is 0 Å². The van der Waals surface area contributed by atoms with E-state index in [-0.39, 0.29) is 22.3 Å². The average molecular weight is 373 g/mol. The summed E-state index contributed by atoms with van der Waals surface area (Å²) in [5.74, 6) is -0.808. The van der Waals surface area contributed by atoms with Gasteiger partial charge in [0.1, 0.15) is 0 Å². The van der Waals surface area contributed by atoms with Gasteiger partial charge in [0, 0.05) is 0 Å². The summed E-state index contributed by atoms with van der Waals surface area (Å²) in [6, 6.07) is 1.70. The Bertz CT molecular complexity index is 662. The normalized spacial score (nSPS) is 11.6. The van der Waals surface area contributed by atoms with E-state index >= 15 is 0 Å². The molecule has 0 aliphatic carbocycles. The third-order valence-corrected chi connectivity index (χ3v) is 3.21. The lowest BCUT2D eigenvalue weighted by atomic mass is 10.2. The number of nitrogens with one attached hydrogen (secondary N) is 1. The molecule has 0 bridgehead atoms. The van der Waals surface area contributed by atoms with Crippen molar-refractivity contribution in [1.29, 1.82) is 0 Å². The highest BCUT2D eigenvalue weighted by Crippen LogP contribution is 2.37. The molecule has 1 rings (SSSR count). The number of hydrogen-bond acceptors (Lipinski definition) is 6. The average Bonchev–Trinajstić information content (AvgIpc) is 2.51. The standard InChI is InChI=1S/C16H21ClN2O6/c1-8(2)7-24-13-11(17)5-10(6-12(13)23-4)15(21)25-9(3)14(20)19-16(18)22/h5-6,8-9H,7H2,1-4H3,(H3,18,19,20,22)/t9-/m0/s1. The van der Waals surface area contributed by atoms with Crippen LogP contribution in [0.5, 0.6) is 11.5 Å². The summed E-state index contributed by atoms with van der Waals surface area (Å²) in [4.78, 5) is 34.4. The largest absolute Gasteiger partial charge is 0.493 e. The SMILES string of the molecule is COc1cc(C(=O)O[C@@H](C)C(=O)NC(N)=O)cc(Cl)c1OCC(C)C. The molecule has 0 heterocycles. The van der Waals surface area contributed by atoms with Crippen molar-refractivity contribution in [2.75, 3.05) is 13.7 Å². The Morgan fingerprint density at radius 2 is 1.88 bits per heavy atom. The predicted molar refractivity (Wildman–Crippen MR) is 90.9 cm³/mol. The Morgan fingerprint density at radius 1 is 1.24 bits per heavy atom. The van der Waals surface area contributed by atoms with Crippen molar-refractivity contribution in [3.63, 3.8) is 0 Å². The lowest BCUT2D eigenvalue weighted by molar-refractivity contribution is -0.127. The van der Waals surface area contributed by atoms with Crippen LogP contribution in [0.25, 0.3) is 0 Å². The molecular weight excluding hydrogens is 352 g/mol. The summed E-state index contributed by atoms with van der Waals surface area (Å²) >= 11 is 6.16.